The first-order valence-electron chi connectivity index (χ1n) is 6.05. The minimum atomic E-state index is -3.01. The molecule has 4 nitrogen and oxygen atoms in total. The first-order valence-corrected chi connectivity index (χ1v) is 8.11. The van der Waals surface area contributed by atoms with Crippen molar-refractivity contribution in [2.24, 2.45) is 0 Å². The molecule has 0 heterocycles. The van der Waals surface area contributed by atoms with Gasteiger partial charge in [0.25, 0.3) is 0 Å². The maximum Gasteiger partial charge on any atom is 0.148 e. The van der Waals surface area contributed by atoms with E-state index in [-0.39, 0.29) is 12.4 Å². The van der Waals surface area contributed by atoms with Gasteiger partial charge in [-0.2, -0.15) is 0 Å². The Morgan fingerprint density at radius 3 is 2.65 bits per heavy atom. The summed E-state index contributed by atoms with van der Waals surface area (Å²) in [6.45, 7) is 0.536. The number of hydrogen-bond donors (Lipinski definition) is 1. The van der Waals surface area contributed by atoms with Crippen LogP contribution in [0.15, 0.2) is 18.2 Å². The van der Waals surface area contributed by atoms with Crippen molar-refractivity contribution in [1.82, 2.24) is 4.90 Å². The maximum absolute atomic E-state index is 13.4. The Hall–Kier alpha value is -1.42. The molecule has 0 radical (unpaired) electrons. The molecule has 1 rings (SSSR count). The van der Waals surface area contributed by atoms with Gasteiger partial charge < -0.3 is 10.0 Å². The van der Waals surface area contributed by atoms with Gasteiger partial charge in [-0.15, -0.1) is 0 Å². The minimum Gasteiger partial charge on any atom is -0.384 e. The second kappa shape index (κ2) is 7.39. The largest absolute Gasteiger partial charge is 0.384 e. The average molecular weight is 299 g/mol. The number of rotatable bonds is 5. The Labute approximate surface area is 119 Å². The summed E-state index contributed by atoms with van der Waals surface area (Å²) in [6.07, 6.45) is 1.19. The van der Waals surface area contributed by atoms with Crippen molar-refractivity contribution >= 4 is 9.84 Å². The zero-order valence-electron chi connectivity index (χ0n) is 11.6. The Morgan fingerprint density at radius 2 is 2.05 bits per heavy atom. The van der Waals surface area contributed by atoms with Gasteiger partial charge in [0.1, 0.15) is 22.3 Å². The van der Waals surface area contributed by atoms with Crippen molar-refractivity contribution in [3.8, 4) is 11.8 Å². The van der Waals surface area contributed by atoms with Crippen molar-refractivity contribution in [1.29, 1.82) is 0 Å². The SMILES string of the molecule is CN(CCS(C)(=O)=O)Cc1cc(F)cc(C#CCO)c1. The van der Waals surface area contributed by atoms with Crippen LogP contribution in [-0.2, 0) is 16.4 Å². The predicted octanol–water partition coefficient (Wildman–Crippen LogP) is 0.646. The van der Waals surface area contributed by atoms with Gasteiger partial charge in [0.15, 0.2) is 0 Å². The van der Waals surface area contributed by atoms with Gasteiger partial charge in [-0.1, -0.05) is 11.8 Å². The highest BCUT2D eigenvalue weighted by atomic mass is 32.2. The summed E-state index contributed by atoms with van der Waals surface area (Å²) < 4.78 is 35.6. The molecule has 0 atom stereocenters. The molecule has 1 aromatic carbocycles. The van der Waals surface area contributed by atoms with Gasteiger partial charge in [0, 0.05) is 24.9 Å². The molecule has 0 amide bonds. The zero-order valence-corrected chi connectivity index (χ0v) is 12.4. The lowest BCUT2D eigenvalue weighted by atomic mass is 10.1. The number of aliphatic hydroxyl groups is 1. The van der Waals surface area contributed by atoms with Crippen LogP contribution in [0.3, 0.4) is 0 Å². The molecule has 0 saturated carbocycles. The van der Waals surface area contributed by atoms with E-state index in [2.05, 4.69) is 11.8 Å². The van der Waals surface area contributed by atoms with Crippen LogP contribution in [0, 0.1) is 17.7 Å². The van der Waals surface area contributed by atoms with E-state index < -0.39 is 15.7 Å². The summed E-state index contributed by atoms with van der Waals surface area (Å²) in [5.74, 6) is 4.78. The van der Waals surface area contributed by atoms with Gasteiger partial charge in [-0.3, -0.25) is 0 Å². The lowest BCUT2D eigenvalue weighted by Crippen LogP contribution is -2.25. The molecule has 0 unspecified atom stereocenters. The number of nitrogens with zero attached hydrogens (tertiary/aromatic N) is 1. The summed E-state index contributed by atoms with van der Waals surface area (Å²) in [7, 11) is -1.23. The van der Waals surface area contributed by atoms with Crippen molar-refractivity contribution in [3.05, 3.63) is 35.1 Å². The summed E-state index contributed by atoms with van der Waals surface area (Å²) in [5.41, 5.74) is 1.20. The van der Waals surface area contributed by atoms with Crippen LogP contribution in [0.1, 0.15) is 11.1 Å². The molecule has 0 bridgehead atoms. The van der Waals surface area contributed by atoms with Crippen LogP contribution in [0.25, 0.3) is 0 Å². The monoisotopic (exact) mass is 299 g/mol. The zero-order chi connectivity index (χ0) is 15.2. The van der Waals surface area contributed by atoms with Gasteiger partial charge in [-0.05, 0) is 30.8 Å². The number of halogens is 1. The van der Waals surface area contributed by atoms with Crippen LogP contribution in [0.2, 0.25) is 0 Å². The third-order valence-electron chi connectivity index (χ3n) is 2.57. The lowest BCUT2D eigenvalue weighted by molar-refractivity contribution is 0.345. The van der Waals surface area contributed by atoms with Crippen molar-refractivity contribution in [3.63, 3.8) is 0 Å². The van der Waals surface area contributed by atoms with Gasteiger partial charge >= 0.3 is 0 Å². The average Bonchev–Trinajstić information content (AvgIpc) is 2.32. The Bertz CT molecular complexity index is 617. The second-order valence-corrected chi connectivity index (χ2v) is 6.94. The topological polar surface area (TPSA) is 57.6 Å². The fraction of sp³-hybridized carbons (Fsp3) is 0.429. The molecule has 0 aliphatic carbocycles. The fourth-order valence-corrected chi connectivity index (χ4v) is 2.31. The summed E-state index contributed by atoms with van der Waals surface area (Å²) in [6, 6.07) is 4.41. The standard InChI is InChI=1S/C14H18FNO3S/c1-16(5-7-20(2,18)19)11-13-8-12(4-3-6-17)9-14(15)10-13/h8-10,17H,5-7,11H2,1-2H3. The number of hydrogen-bond acceptors (Lipinski definition) is 4. The van der Waals surface area contributed by atoms with Crippen molar-refractivity contribution < 1.29 is 17.9 Å². The van der Waals surface area contributed by atoms with Gasteiger partial charge in [0.2, 0.25) is 0 Å². The first-order chi connectivity index (χ1) is 9.30. The summed E-state index contributed by atoms with van der Waals surface area (Å²) in [5, 5.41) is 8.63. The molecular formula is C14H18FNO3S. The third kappa shape index (κ3) is 6.66. The second-order valence-electron chi connectivity index (χ2n) is 4.68. The van der Waals surface area contributed by atoms with Crippen LogP contribution in [0.5, 0.6) is 0 Å². The molecule has 0 aliphatic rings. The highest BCUT2D eigenvalue weighted by molar-refractivity contribution is 7.90. The summed E-state index contributed by atoms with van der Waals surface area (Å²) >= 11 is 0. The smallest absolute Gasteiger partial charge is 0.148 e. The van der Waals surface area contributed by atoms with E-state index in [0.717, 1.165) is 0 Å². The Morgan fingerprint density at radius 1 is 1.35 bits per heavy atom. The van der Waals surface area contributed by atoms with Crippen LogP contribution >= 0.6 is 0 Å². The highest BCUT2D eigenvalue weighted by Gasteiger charge is 2.07. The maximum atomic E-state index is 13.4. The van der Waals surface area contributed by atoms with Gasteiger partial charge in [0.05, 0.1) is 5.75 Å². The van der Waals surface area contributed by atoms with E-state index in [0.29, 0.717) is 24.2 Å². The molecule has 0 spiro atoms. The molecule has 0 saturated heterocycles. The fourth-order valence-electron chi connectivity index (χ4n) is 1.67. The van der Waals surface area contributed by atoms with Crippen molar-refractivity contribution in [2.45, 2.75) is 6.54 Å². The van der Waals surface area contributed by atoms with Crippen LogP contribution in [-0.4, -0.2) is 50.6 Å². The number of aliphatic hydroxyl groups excluding tert-OH is 1. The molecule has 6 heteroatoms. The molecule has 1 aromatic rings. The molecule has 110 valence electrons. The third-order valence-corrected chi connectivity index (χ3v) is 3.49. The summed E-state index contributed by atoms with van der Waals surface area (Å²) in [4.78, 5) is 1.80. The van der Waals surface area contributed by atoms with Crippen molar-refractivity contribution in [2.75, 3.05) is 32.2 Å². The molecule has 20 heavy (non-hydrogen) atoms. The molecule has 0 aromatic heterocycles. The Balaban J connectivity index is 2.74. The molecule has 0 fully saturated rings. The van der Waals surface area contributed by atoms with E-state index in [9.17, 15) is 12.8 Å². The van der Waals surface area contributed by atoms with E-state index in [1.165, 1.54) is 18.4 Å². The predicted molar refractivity (Wildman–Crippen MR) is 76.4 cm³/mol. The van der Waals surface area contributed by atoms with E-state index in [4.69, 9.17) is 5.11 Å². The number of sulfone groups is 1. The lowest BCUT2D eigenvalue weighted by Gasteiger charge is -2.16. The van der Waals surface area contributed by atoms with E-state index >= 15 is 0 Å². The first kappa shape index (κ1) is 16.6. The highest BCUT2D eigenvalue weighted by Crippen LogP contribution is 2.10. The molecule has 0 aliphatic heterocycles. The number of benzene rings is 1. The van der Waals surface area contributed by atoms with E-state index in [1.807, 2.05) is 0 Å². The quantitative estimate of drug-likeness (QED) is 0.811. The van der Waals surface area contributed by atoms with E-state index in [1.54, 1.807) is 18.0 Å². The minimum absolute atomic E-state index is 0.0655. The van der Waals surface area contributed by atoms with Gasteiger partial charge in [-0.25, -0.2) is 12.8 Å². The molecule has 1 N–H and O–H groups in total. The molecular weight excluding hydrogens is 281 g/mol. The van der Waals surface area contributed by atoms with Crippen LogP contribution in [0.4, 0.5) is 4.39 Å². The Kier molecular flexibility index (Phi) is 6.14. The van der Waals surface area contributed by atoms with Crippen LogP contribution < -0.4 is 0 Å². The normalized spacial score (nSPS) is 11.2.